The number of aromatic nitrogens is 2. The number of rotatable bonds is 5. The highest BCUT2D eigenvalue weighted by Gasteiger charge is 2.28. The van der Waals surface area contributed by atoms with Crippen LogP contribution in [-0.4, -0.2) is 46.3 Å². The fourth-order valence-electron chi connectivity index (χ4n) is 2.97. The summed E-state index contributed by atoms with van der Waals surface area (Å²) in [6.07, 6.45) is 5.22. The number of benzene rings is 1. The van der Waals surface area contributed by atoms with Crippen molar-refractivity contribution in [1.82, 2.24) is 20.0 Å². The van der Waals surface area contributed by atoms with Crippen molar-refractivity contribution in [2.75, 3.05) is 25.0 Å². The van der Waals surface area contributed by atoms with Crippen LogP contribution in [0.5, 0.6) is 0 Å². The Balaban J connectivity index is 1.46. The number of anilines is 1. The van der Waals surface area contributed by atoms with Crippen LogP contribution in [0.1, 0.15) is 12.8 Å². The summed E-state index contributed by atoms with van der Waals surface area (Å²) in [7, 11) is 0. The lowest BCUT2D eigenvalue weighted by Crippen LogP contribution is -2.47. The van der Waals surface area contributed by atoms with Crippen LogP contribution in [-0.2, 0) is 11.3 Å². The number of hydrogen-bond donors (Lipinski definition) is 2. The average Bonchev–Trinajstić information content (AvgIpc) is 3.16. The predicted molar refractivity (Wildman–Crippen MR) is 95.0 cm³/mol. The van der Waals surface area contributed by atoms with Gasteiger partial charge in [0.1, 0.15) is 0 Å². The van der Waals surface area contributed by atoms with Crippen LogP contribution in [0.25, 0.3) is 0 Å². The molecule has 1 aliphatic heterocycles. The highest BCUT2D eigenvalue weighted by molar-refractivity contribution is 5.90. The van der Waals surface area contributed by atoms with Gasteiger partial charge in [0.05, 0.1) is 12.5 Å². The molecule has 0 radical (unpaired) electrons. The number of piperidine rings is 1. The highest BCUT2D eigenvalue weighted by atomic mass is 16.2. The number of hydrogen-bond acceptors (Lipinski definition) is 3. The van der Waals surface area contributed by atoms with Gasteiger partial charge in [-0.25, -0.2) is 4.79 Å². The van der Waals surface area contributed by atoms with Gasteiger partial charge >= 0.3 is 6.03 Å². The lowest BCUT2D eigenvalue weighted by Gasteiger charge is -2.32. The molecule has 3 rings (SSSR count). The SMILES string of the molecule is O=C(NCCn1cccn1)[C@H]1CCCN(C(=O)Nc2ccccc2)C1. The maximum Gasteiger partial charge on any atom is 0.321 e. The minimum absolute atomic E-state index is 0.00404. The minimum Gasteiger partial charge on any atom is -0.354 e. The van der Waals surface area contributed by atoms with E-state index in [4.69, 9.17) is 0 Å². The van der Waals surface area contributed by atoms with E-state index in [0.717, 1.165) is 18.5 Å². The number of amides is 3. The number of urea groups is 1. The molecule has 2 N–H and O–H groups in total. The Bertz CT molecular complexity index is 687. The second kappa shape index (κ2) is 8.32. The molecule has 1 aromatic heterocycles. The van der Waals surface area contributed by atoms with Gasteiger partial charge in [-0.05, 0) is 31.0 Å². The summed E-state index contributed by atoms with van der Waals surface area (Å²) >= 11 is 0. The van der Waals surface area contributed by atoms with Gasteiger partial charge in [0.2, 0.25) is 5.91 Å². The lowest BCUT2D eigenvalue weighted by atomic mass is 9.97. The summed E-state index contributed by atoms with van der Waals surface area (Å²) < 4.78 is 1.78. The first-order valence-corrected chi connectivity index (χ1v) is 8.58. The summed E-state index contributed by atoms with van der Waals surface area (Å²) in [6.45, 7) is 2.30. The van der Waals surface area contributed by atoms with E-state index >= 15 is 0 Å². The highest BCUT2D eigenvalue weighted by Crippen LogP contribution is 2.18. The molecule has 0 spiro atoms. The predicted octanol–water partition coefficient (Wildman–Crippen LogP) is 1.94. The van der Waals surface area contributed by atoms with E-state index in [0.29, 0.717) is 26.2 Å². The van der Waals surface area contributed by atoms with Gasteiger partial charge in [0.25, 0.3) is 0 Å². The van der Waals surface area contributed by atoms with Crippen molar-refractivity contribution in [1.29, 1.82) is 0 Å². The van der Waals surface area contributed by atoms with E-state index in [-0.39, 0.29) is 17.9 Å². The molecule has 1 aromatic carbocycles. The van der Waals surface area contributed by atoms with E-state index in [1.807, 2.05) is 42.6 Å². The molecule has 1 aliphatic rings. The number of likely N-dealkylation sites (tertiary alicyclic amines) is 1. The molecule has 0 bridgehead atoms. The minimum atomic E-state index is -0.159. The van der Waals surface area contributed by atoms with Gasteiger partial charge in [0, 0.05) is 37.7 Å². The summed E-state index contributed by atoms with van der Waals surface area (Å²) in [5.41, 5.74) is 0.762. The second-order valence-corrected chi connectivity index (χ2v) is 6.14. The van der Waals surface area contributed by atoms with Gasteiger partial charge in [-0.2, -0.15) is 5.10 Å². The lowest BCUT2D eigenvalue weighted by molar-refractivity contribution is -0.126. The Labute approximate surface area is 147 Å². The average molecular weight is 341 g/mol. The van der Waals surface area contributed by atoms with Crippen LogP contribution < -0.4 is 10.6 Å². The first kappa shape index (κ1) is 17.0. The molecular weight excluding hydrogens is 318 g/mol. The summed E-state index contributed by atoms with van der Waals surface area (Å²) in [5.74, 6) is -0.155. The molecule has 132 valence electrons. The molecule has 0 unspecified atom stereocenters. The molecule has 0 saturated carbocycles. The molecule has 1 saturated heterocycles. The van der Waals surface area contributed by atoms with Crippen LogP contribution in [0.15, 0.2) is 48.8 Å². The van der Waals surface area contributed by atoms with E-state index in [1.54, 1.807) is 15.8 Å². The Hall–Kier alpha value is -2.83. The molecule has 3 amide bonds. The first-order chi connectivity index (χ1) is 12.2. The fourth-order valence-corrected chi connectivity index (χ4v) is 2.97. The Morgan fingerprint density at radius 2 is 2.04 bits per heavy atom. The molecule has 2 aromatic rings. The molecule has 2 heterocycles. The normalized spacial score (nSPS) is 17.1. The number of para-hydroxylation sites is 1. The number of carbonyl (C=O) groups excluding carboxylic acids is 2. The van der Waals surface area contributed by atoms with Crippen LogP contribution in [0, 0.1) is 5.92 Å². The van der Waals surface area contributed by atoms with Crippen LogP contribution in [0.4, 0.5) is 10.5 Å². The van der Waals surface area contributed by atoms with Crippen molar-refractivity contribution < 1.29 is 9.59 Å². The molecule has 7 heteroatoms. The number of nitrogens with zero attached hydrogens (tertiary/aromatic N) is 3. The third kappa shape index (κ3) is 4.82. The smallest absolute Gasteiger partial charge is 0.321 e. The van der Waals surface area contributed by atoms with Crippen LogP contribution >= 0.6 is 0 Å². The largest absolute Gasteiger partial charge is 0.354 e. The first-order valence-electron chi connectivity index (χ1n) is 8.58. The topological polar surface area (TPSA) is 79.3 Å². The quantitative estimate of drug-likeness (QED) is 0.872. The molecule has 1 atom stereocenters. The van der Waals surface area contributed by atoms with Crippen molar-refractivity contribution in [3.8, 4) is 0 Å². The van der Waals surface area contributed by atoms with E-state index in [2.05, 4.69) is 15.7 Å². The molecule has 7 nitrogen and oxygen atoms in total. The van der Waals surface area contributed by atoms with Crippen molar-refractivity contribution in [3.63, 3.8) is 0 Å². The third-order valence-corrected chi connectivity index (χ3v) is 4.30. The zero-order chi connectivity index (χ0) is 17.5. The van der Waals surface area contributed by atoms with Gasteiger partial charge in [-0.15, -0.1) is 0 Å². The molecule has 0 aliphatic carbocycles. The number of nitrogens with one attached hydrogen (secondary N) is 2. The maximum absolute atomic E-state index is 12.4. The van der Waals surface area contributed by atoms with Crippen molar-refractivity contribution in [2.24, 2.45) is 5.92 Å². The summed E-state index contributed by atoms with van der Waals surface area (Å²) in [4.78, 5) is 26.4. The van der Waals surface area contributed by atoms with Crippen molar-refractivity contribution in [3.05, 3.63) is 48.8 Å². The zero-order valence-corrected chi connectivity index (χ0v) is 14.1. The third-order valence-electron chi connectivity index (χ3n) is 4.30. The molecule has 25 heavy (non-hydrogen) atoms. The van der Waals surface area contributed by atoms with Crippen molar-refractivity contribution in [2.45, 2.75) is 19.4 Å². The van der Waals surface area contributed by atoms with Gasteiger partial charge < -0.3 is 15.5 Å². The second-order valence-electron chi connectivity index (χ2n) is 6.14. The monoisotopic (exact) mass is 341 g/mol. The van der Waals surface area contributed by atoms with Crippen LogP contribution in [0.2, 0.25) is 0 Å². The Kier molecular flexibility index (Phi) is 5.66. The van der Waals surface area contributed by atoms with Crippen LogP contribution in [0.3, 0.4) is 0 Å². The standard InChI is InChI=1S/C18H23N5O2/c24-17(19-10-13-23-12-5-9-20-23)15-6-4-11-22(14-15)18(25)21-16-7-2-1-3-8-16/h1-3,5,7-9,12,15H,4,6,10-11,13-14H2,(H,19,24)(H,21,25)/t15-/m0/s1. The molecular formula is C18H23N5O2. The summed E-state index contributed by atoms with van der Waals surface area (Å²) in [6, 6.07) is 11.1. The van der Waals surface area contributed by atoms with E-state index < -0.39 is 0 Å². The van der Waals surface area contributed by atoms with E-state index in [9.17, 15) is 9.59 Å². The van der Waals surface area contributed by atoms with Crippen molar-refractivity contribution >= 4 is 17.6 Å². The Morgan fingerprint density at radius 1 is 1.20 bits per heavy atom. The maximum atomic E-state index is 12.4. The Morgan fingerprint density at radius 3 is 2.80 bits per heavy atom. The summed E-state index contributed by atoms with van der Waals surface area (Å²) in [5, 5.41) is 9.92. The number of carbonyl (C=O) groups is 2. The van der Waals surface area contributed by atoms with Gasteiger partial charge in [-0.3, -0.25) is 9.48 Å². The van der Waals surface area contributed by atoms with Gasteiger partial charge in [-0.1, -0.05) is 18.2 Å². The molecule has 1 fully saturated rings. The van der Waals surface area contributed by atoms with Gasteiger partial charge in [0.15, 0.2) is 0 Å². The fraction of sp³-hybridized carbons (Fsp3) is 0.389. The van der Waals surface area contributed by atoms with E-state index in [1.165, 1.54) is 0 Å². The zero-order valence-electron chi connectivity index (χ0n) is 14.1.